The number of rotatable bonds is 7. The summed E-state index contributed by atoms with van der Waals surface area (Å²) in [6.07, 6.45) is 5.28. The molecule has 140 valence electrons. The zero-order valence-electron chi connectivity index (χ0n) is 15.7. The lowest BCUT2D eigenvalue weighted by molar-refractivity contribution is -0.131. The van der Waals surface area contributed by atoms with Crippen molar-refractivity contribution >= 4 is 17.7 Å². The molecule has 1 amide bonds. The Hall–Kier alpha value is -1.82. The molecule has 0 spiro atoms. The third-order valence-corrected chi connectivity index (χ3v) is 5.99. The van der Waals surface area contributed by atoms with E-state index in [4.69, 9.17) is 0 Å². The van der Waals surface area contributed by atoms with Crippen LogP contribution in [0.2, 0.25) is 0 Å². The largest absolute Gasteiger partial charge is 0.339 e. The van der Waals surface area contributed by atoms with Gasteiger partial charge in [-0.05, 0) is 45.1 Å². The van der Waals surface area contributed by atoms with E-state index in [9.17, 15) is 4.79 Å². The van der Waals surface area contributed by atoms with Crippen molar-refractivity contribution in [2.45, 2.75) is 63.7 Å². The molecule has 3 rings (SSSR count). The predicted octanol–water partition coefficient (Wildman–Crippen LogP) is 3.58. The van der Waals surface area contributed by atoms with Gasteiger partial charge in [-0.15, -0.1) is 10.2 Å². The smallest absolute Gasteiger partial charge is 0.233 e. The van der Waals surface area contributed by atoms with Crippen molar-refractivity contribution in [2.24, 2.45) is 0 Å². The van der Waals surface area contributed by atoms with Crippen LogP contribution in [-0.4, -0.2) is 43.9 Å². The molecule has 0 aliphatic carbocycles. The molecule has 5 nitrogen and oxygen atoms in total. The number of hydrogen-bond donors (Lipinski definition) is 0. The van der Waals surface area contributed by atoms with E-state index in [1.54, 1.807) is 0 Å². The van der Waals surface area contributed by atoms with Gasteiger partial charge in [0.05, 0.1) is 5.75 Å². The minimum Gasteiger partial charge on any atom is -0.339 e. The van der Waals surface area contributed by atoms with Gasteiger partial charge < -0.3 is 9.47 Å². The number of amides is 1. The van der Waals surface area contributed by atoms with Gasteiger partial charge in [0.1, 0.15) is 5.82 Å². The maximum atomic E-state index is 12.5. The molecule has 1 fully saturated rings. The highest BCUT2D eigenvalue weighted by Crippen LogP contribution is 2.22. The summed E-state index contributed by atoms with van der Waals surface area (Å²) in [6.45, 7) is 5.98. The predicted molar refractivity (Wildman–Crippen MR) is 105 cm³/mol. The van der Waals surface area contributed by atoms with Gasteiger partial charge in [0.25, 0.3) is 0 Å². The van der Waals surface area contributed by atoms with Gasteiger partial charge in [-0.3, -0.25) is 4.79 Å². The van der Waals surface area contributed by atoms with E-state index in [1.165, 1.54) is 23.7 Å². The molecule has 6 heteroatoms. The third kappa shape index (κ3) is 4.67. The number of benzene rings is 1. The monoisotopic (exact) mass is 372 g/mol. The van der Waals surface area contributed by atoms with Crippen LogP contribution < -0.4 is 0 Å². The molecular formula is C20H28N4OS. The maximum Gasteiger partial charge on any atom is 0.233 e. The van der Waals surface area contributed by atoms with Crippen molar-refractivity contribution in [3.63, 3.8) is 0 Å². The molecule has 2 aromatic rings. The van der Waals surface area contributed by atoms with Crippen LogP contribution in [0, 0.1) is 0 Å². The van der Waals surface area contributed by atoms with Crippen LogP contribution in [0.1, 0.15) is 44.5 Å². The Morgan fingerprint density at radius 2 is 2.00 bits per heavy atom. The van der Waals surface area contributed by atoms with Crippen molar-refractivity contribution in [1.29, 1.82) is 0 Å². The Morgan fingerprint density at radius 3 is 2.73 bits per heavy atom. The average molecular weight is 373 g/mol. The summed E-state index contributed by atoms with van der Waals surface area (Å²) in [5.74, 6) is 1.66. The molecule has 1 saturated heterocycles. The van der Waals surface area contributed by atoms with Gasteiger partial charge in [0, 0.05) is 25.6 Å². The van der Waals surface area contributed by atoms with Gasteiger partial charge in [-0.2, -0.15) is 0 Å². The molecule has 2 heterocycles. The Labute approximate surface area is 160 Å². The number of hydrogen-bond acceptors (Lipinski definition) is 4. The van der Waals surface area contributed by atoms with E-state index in [0.29, 0.717) is 11.8 Å². The van der Waals surface area contributed by atoms with E-state index in [2.05, 4.69) is 52.9 Å². The molecule has 0 radical (unpaired) electrons. The zero-order valence-corrected chi connectivity index (χ0v) is 16.5. The van der Waals surface area contributed by atoms with Gasteiger partial charge in [0.2, 0.25) is 5.91 Å². The second-order valence-corrected chi connectivity index (χ2v) is 7.79. The second-order valence-electron chi connectivity index (χ2n) is 6.85. The number of aryl methyl sites for hydroxylation is 2. The Kier molecular flexibility index (Phi) is 6.72. The van der Waals surface area contributed by atoms with Crippen LogP contribution in [0.25, 0.3) is 0 Å². The quantitative estimate of drug-likeness (QED) is 0.697. The molecular weight excluding hydrogens is 344 g/mol. The highest BCUT2D eigenvalue weighted by Gasteiger charge is 2.23. The first-order chi connectivity index (χ1) is 12.7. The summed E-state index contributed by atoms with van der Waals surface area (Å²) in [4.78, 5) is 14.6. The maximum absolute atomic E-state index is 12.5. The van der Waals surface area contributed by atoms with E-state index in [1.807, 2.05) is 11.0 Å². The Bertz CT molecular complexity index is 716. The Morgan fingerprint density at radius 1 is 1.19 bits per heavy atom. The van der Waals surface area contributed by atoms with Crippen LogP contribution >= 0.6 is 11.8 Å². The highest BCUT2D eigenvalue weighted by molar-refractivity contribution is 7.99. The van der Waals surface area contributed by atoms with Crippen LogP contribution in [0.4, 0.5) is 0 Å². The third-order valence-electron chi connectivity index (χ3n) is 5.04. The fourth-order valence-electron chi connectivity index (χ4n) is 3.51. The van der Waals surface area contributed by atoms with E-state index in [-0.39, 0.29) is 5.91 Å². The number of aromatic nitrogens is 3. The molecule has 0 unspecified atom stereocenters. The number of nitrogens with zero attached hydrogens (tertiary/aromatic N) is 4. The minimum absolute atomic E-state index is 0.221. The Balaban J connectivity index is 1.58. The fourth-order valence-corrected chi connectivity index (χ4v) is 4.41. The first-order valence-electron chi connectivity index (χ1n) is 9.57. The standard InChI is InChI=1S/C20H28N4OS/c1-3-23-18(13-12-17-10-5-4-6-11-17)21-22-20(23)26-15-19(25)24-14-8-7-9-16(24)2/h4-6,10-11,16H,3,7-9,12-15H2,1-2H3/t16-/m1/s1. The van der Waals surface area contributed by atoms with Gasteiger partial charge in [-0.25, -0.2) is 0 Å². The second kappa shape index (κ2) is 9.21. The van der Waals surface area contributed by atoms with Gasteiger partial charge in [0.15, 0.2) is 5.16 Å². The number of carbonyl (C=O) groups excluding carboxylic acids is 1. The summed E-state index contributed by atoms with van der Waals surface area (Å²) in [6, 6.07) is 10.8. The van der Waals surface area contributed by atoms with Crippen LogP contribution in [0.15, 0.2) is 35.5 Å². The molecule has 1 aromatic heterocycles. The summed E-state index contributed by atoms with van der Waals surface area (Å²) >= 11 is 1.52. The minimum atomic E-state index is 0.221. The molecule has 0 N–H and O–H groups in total. The van der Waals surface area contributed by atoms with E-state index in [0.717, 1.165) is 49.8 Å². The van der Waals surface area contributed by atoms with E-state index >= 15 is 0 Å². The molecule has 0 bridgehead atoms. The van der Waals surface area contributed by atoms with Gasteiger partial charge >= 0.3 is 0 Å². The SMILES string of the molecule is CCn1c(CCc2ccccc2)nnc1SCC(=O)N1CCCC[C@H]1C. The molecule has 0 saturated carbocycles. The molecule has 1 atom stereocenters. The van der Waals surface area contributed by atoms with Crippen molar-refractivity contribution in [1.82, 2.24) is 19.7 Å². The normalized spacial score (nSPS) is 17.5. The highest BCUT2D eigenvalue weighted by atomic mass is 32.2. The number of carbonyl (C=O) groups is 1. The van der Waals surface area contributed by atoms with E-state index < -0.39 is 0 Å². The molecule has 1 aliphatic heterocycles. The average Bonchev–Trinajstić information content (AvgIpc) is 3.07. The summed E-state index contributed by atoms with van der Waals surface area (Å²) in [5, 5.41) is 9.57. The molecule has 26 heavy (non-hydrogen) atoms. The molecule has 1 aromatic carbocycles. The van der Waals surface area contributed by atoms with Crippen LogP contribution in [-0.2, 0) is 24.2 Å². The van der Waals surface area contributed by atoms with Crippen molar-refractivity contribution < 1.29 is 4.79 Å². The van der Waals surface area contributed by atoms with Crippen molar-refractivity contribution in [2.75, 3.05) is 12.3 Å². The number of likely N-dealkylation sites (tertiary alicyclic amines) is 1. The fraction of sp³-hybridized carbons (Fsp3) is 0.550. The zero-order chi connectivity index (χ0) is 18.4. The lowest BCUT2D eigenvalue weighted by atomic mass is 10.0. The first kappa shape index (κ1) is 19.0. The van der Waals surface area contributed by atoms with Crippen molar-refractivity contribution in [3.8, 4) is 0 Å². The summed E-state index contributed by atoms with van der Waals surface area (Å²) in [5.41, 5.74) is 1.31. The topological polar surface area (TPSA) is 51.0 Å². The summed E-state index contributed by atoms with van der Waals surface area (Å²) in [7, 11) is 0. The van der Waals surface area contributed by atoms with Crippen LogP contribution in [0.5, 0.6) is 0 Å². The number of piperidine rings is 1. The van der Waals surface area contributed by atoms with Crippen molar-refractivity contribution in [3.05, 3.63) is 41.7 Å². The number of thioether (sulfide) groups is 1. The van der Waals surface area contributed by atoms with Crippen LogP contribution in [0.3, 0.4) is 0 Å². The summed E-state index contributed by atoms with van der Waals surface area (Å²) < 4.78 is 2.14. The first-order valence-corrected chi connectivity index (χ1v) is 10.6. The lowest BCUT2D eigenvalue weighted by Gasteiger charge is -2.33. The van der Waals surface area contributed by atoms with Gasteiger partial charge in [-0.1, -0.05) is 42.1 Å². The molecule has 1 aliphatic rings. The lowest BCUT2D eigenvalue weighted by Crippen LogP contribution is -2.43.